The number of carbonyl (C=O) groups is 1. The number of hydrogen-bond acceptors (Lipinski definition) is 4. The van der Waals surface area contributed by atoms with Crippen LogP contribution in [-0.4, -0.2) is 59.1 Å². The van der Waals surface area contributed by atoms with Gasteiger partial charge in [0.15, 0.2) is 11.5 Å². The summed E-state index contributed by atoms with van der Waals surface area (Å²) in [6, 6.07) is 8.22. The van der Waals surface area contributed by atoms with Crippen molar-refractivity contribution in [1.29, 1.82) is 0 Å². The van der Waals surface area contributed by atoms with E-state index in [4.69, 9.17) is 4.74 Å². The van der Waals surface area contributed by atoms with Gasteiger partial charge in [-0.2, -0.15) is 13.2 Å². The number of likely N-dealkylation sites (N-methyl/N-ethyl adjacent to an activating group) is 1. The highest BCUT2D eigenvalue weighted by Crippen LogP contribution is 2.69. The molecule has 2 heterocycles. The minimum Gasteiger partial charge on any atom is -0.504 e. The van der Waals surface area contributed by atoms with E-state index in [1.54, 1.807) is 18.0 Å². The summed E-state index contributed by atoms with van der Waals surface area (Å²) in [6.45, 7) is 7.99. The van der Waals surface area contributed by atoms with Crippen molar-refractivity contribution in [2.24, 2.45) is 5.41 Å². The van der Waals surface area contributed by atoms with Crippen LogP contribution in [0.25, 0.3) is 0 Å². The molecule has 5 nitrogen and oxygen atoms in total. The molecule has 8 heteroatoms. The summed E-state index contributed by atoms with van der Waals surface area (Å²) in [5.41, 5.74) is 1.41. The molecule has 2 fully saturated rings. The van der Waals surface area contributed by atoms with E-state index in [2.05, 4.69) is 30.2 Å². The van der Waals surface area contributed by atoms with Crippen LogP contribution in [0.15, 0.2) is 49.1 Å². The Morgan fingerprint density at radius 3 is 2.69 bits per heavy atom. The third kappa shape index (κ3) is 3.62. The van der Waals surface area contributed by atoms with E-state index in [0.717, 1.165) is 56.5 Å². The summed E-state index contributed by atoms with van der Waals surface area (Å²) in [7, 11) is 1.72. The summed E-state index contributed by atoms with van der Waals surface area (Å²) in [5, 5.41) is 10.8. The normalized spacial score (nSPS) is 30.4. The molecule has 6 rings (SSSR count). The number of carbonyl (C=O) groups excluding carboxylic acids is 1. The van der Waals surface area contributed by atoms with Gasteiger partial charge in [0.25, 0.3) is 5.91 Å². The molecule has 2 aromatic carbocycles. The first-order valence-corrected chi connectivity index (χ1v) is 13.3. The number of phenolic OH excluding ortho intramolecular Hbond substituents is 1. The number of piperidine rings is 1. The molecule has 2 aliphatic heterocycles. The van der Waals surface area contributed by atoms with Gasteiger partial charge in [0.1, 0.15) is 6.10 Å². The van der Waals surface area contributed by atoms with Crippen molar-refractivity contribution in [3.8, 4) is 23.3 Å². The number of halogens is 3. The number of likely N-dealkylation sites (tertiary alicyclic amines) is 1. The molecule has 1 saturated carbocycles. The molecule has 2 aromatic rings. The number of alkyl halides is 3. The molecular weight excluding hydrogens is 505 g/mol. The van der Waals surface area contributed by atoms with E-state index in [9.17, 15) is 23.1 Å². The van der Waals surface area contributed by atoms with E-state index in [-0.39, 0.29) is 28.7 Å². The second-order valence-corrected chi connectivity index (χ2v) is 11.5. The van der Waals surface area contributed by atoms with Gasteiger partial charge < -0.3 is 14.7 Å². The average Bonchev–Trinajstić information content (AvgIpc) is 3.25. The second-order valence-electron chi connectivity index (χ2n) is 11.5. The molecule has 2 aliphatic carbocycles. The van der Waals surface area contributed by atoms with Crippen LogP contribution in [0.2, 0.25) is 0 Å². The highest BCUT2D eigenvalue weighted by molar-refractivity contribution is 5.94. The molecule has 204 valence electrons. The number of ether oxygens (including phenoxy) is 1. The number of rotatable bonds is 3. The molecule has 39 heavy (non-hydrogen) atoms. The van der Waals surface area contributed by atoms with Crippen LogP contribution in [0.4, 0.5) is 13.2 Å². The number of nitrogens with zero attached hydrogens (tertiary/aromatic N) is 2. The lowest BCUT2D eigenvalue weighted by Crippen LogP contribution is -2.73. The Labute approximate surface area is 226 Å². The molecule has 1 saturated heterocycles. The van der Waals surface area contributed by atoms with Crippen molar-refractivity contribution >= 4 is 5.91 Å². The molecule has 2 bridgehead atoms. The minimum atomic E-state index is -4.43. The van der Waals surface area contributed by atoms with Crippen molar-refractivity contribution < 1.29 is 27.8 Å². The predicted octanol–water partition coefficient (Wildman–Crippen LogP) is 4.91. The molecule has 0 unspecified atom stereocenters. The third-order valence-electron chi connectivity index (χ3n) is 9.82. The van der Waals surface area contributed by atoms with Crippen molar-refractivity contribution in [2.75, 3.05) is 20.1 Å². The Morgan fingerprint density at radius 1 is 1.26 bits per heavy atom. The molecule has 1 spiro atoms. The van der Waals surface area contributed by atoms with Crippen molar-refractivity contribution in [1.82, 2.24) is 9.80 Å². The smallest absolute Gasteiger partial charge is 0.416 e. The van der Waals surface area contributed by atoms with Crippen LogP contribution >= 0.6 is 0 Å². The Bertz CT molecular complexity index is 1410. The summed E-state index contributed by atoms with van der Waals surface area (Å²) < 4.78 is 45.3. The fourth-order valence-corrected chi connectivity index (χ4v) is 7.95. The number of benzene rings is 2. The maximum absolute atomic E-state index is 13.3. The zero-order valence-corrected chi connectivity index (χ0v) is 22.0. The maximum Gasteiger partial charge on any atom is 0.416 e. The van der Waals surface area contributed by atoms with E-state index in [1.165, 1.54) is 17.7 Å². The van der Waals surface area contributed by atoms with Crippen LogP contribution < -0.4 is 4.74 Å². The van der Waals surface area contributed by atoms with Gasteiger partial charge in [-0.25, -0.2) is 0 Å². The Balaban J connectivity index is 1.33. The lowest BCUT2D eigenvalue weighted by atomic mass is 9.43. The highest BCUT2D eigenvalue weighted by atomic mass is 19.4. The summed E-state index contributed by atoms with van der Waals surface area (Å²) in [4.78, 5) is 17.4. The molecular formula is C31H31F3N2O3. The van der Waals surface area contributed by atoms with Gasteiger partial charge >= 0.3 is 6.18 Å². The van der Waals surface area contributed by atoms with Crippen molar-refractivity contribution in [3.63, 3.8) is 0 Å². The molecule has 5 atom stereocenters. The van der Waals surface area contributed by atoms with Crippen molar-refractivity contribution in [2.45, 2.75) is 62.4 Å². The SMILES string of the molecule is C=CCN1CC[C@]23c4c5ccc(O)c4O[C@H]2[C@H](N(C)C(=O)C#Cc2ccc(C(F)(F)F)cc2)CC[C@@]3(C)[C@H]1C5. The first-order chi connectivity index (χ1) is 18.5. The van der Waals surface area contributed by atoms with Gasteiger partial charge in [0.05, 0.1) is 11.6 Å². The van der Waals surface area contributed by atoms with E-state index in [1.807, 2.05) is 12.1 Å². The van der Waals surface area contributed by atoms with Crippen LogP contribution in [0.3, 0.4) is 0 Å². The van der Waals surface area contributed by atoms with Gasteiger partial charge in [-0.1, -0.05) is 25.0 Å². The summed E-state index contributed by atoms with van der Waals surface area (Å²) in [6.07, 6.45) is 0.512. The number of phenols is 1. The second kappa shape index (κ2) is 8.79. The first-order valence-electron chi connectivity index (χ1n) is 13.3. The van der Waals surface area contributed by atoms with E-state index < -0.39 is 17.6 Å². The maximum atomic E-state index is 13.3. The monoisotopic (exact) mass is 536 g/mol. The number of hydrogen-bond donors (Lipinski definition) is 1. The van der Waals surface area contributed by atoms with Crippen LogP contribution in [0, 0.1) is 17.3 Å². The van der Waals surface area contributed by atoms with Gasteiger partial charge in [-0.3, -0.25) is 9.69 Å². The Morgan fingerprint density at radius 2 is 2.00 bits per heavy atom. The molecule has 0 radical (unpaired) electrons. The van der Waals surface area contributed by atoms with Gasteiger partial charge in [0.2, 0.25) is 0 Å². The lowest BCUT2D eigenvalue weighted by molar-refractivity contribution is -0.148. The molecule has 0 aromatic heterocycles. The number of aromatic hydroxyl groups is 1. The fourth-order valence-electron chi connectivity index (χ4n) is 7.95. The largest absolute Gasteiger partial charge is 0.504 e. The zero-order valence-electron chi connectivity index (χ0n) is 22.0. The quantitative estimate of drug-likeness (QED) is 0.448. The highest BCUT2D eigenvalue weighted by Gasteiger charge is 2.71. The summed E-state index contributed by atoms with van der Waals surface area (Å²) in [5.74, 6) is 5.60. The van der Waals surface area contributed by atoms with Gasteiger partial charge in [-0.15, -0.1) is 6.58 Å². The van der Waals surface area contributed by atoms with Crippen LogP contribution in [0.1, 0.15) is 48.4 Å². The Kier molecular flexibility index (Phi) is 5.82. The molecule has 4 aliphatic rings. The Hall–Kier alpha value is -3.44. The molecule has 1 amide bonds. The number of amides is 1. The van der Waals surface area contributed by atoms with Gasteiger partial charge in [0, 0.05) is 42.1 Å². The zero-order chi connectivity index (χ0) is 27.7. The van der Waals surface area contributed by atoms with Crippen LogP contribution in [0.5, 0.6) is 11.5 Å². The average molecular weight is 537 g/mol. The fraction of sp³-hybridized carbons (Fsp3) is 0.452. The molecule has 1 N–H and O–H groups in total. The van der Waals surface area contributed by atoms with E-state index in [0.29, 0.717) is 17.4 Å². The first kappa shape index (κ1) is 25.8. The predicted molar refractivity (Wildman–Crippen MR) is 140 cm³/mol. The standard InChI is InChI=1S/C31H31F3N2O3/c1-4-16-36-17-15-30-26-20-8-11-23(37)27(26)39-28(30)22(13-14-29(30,2)24(36)18-20)35(3)25(38)12-7-19-5-9-21(10-6-19)31(32,33)34/h4-6,8-11,22,24,28,37H,1,13-18H2,2-3H3/t22-,24-,28+,29+,30+/m1/s1. The topological polar surface area (TPSA) is 53.0 Å². The van der Waals surface area contributed by atoms with Crippen molar-refractivity contribution in [3.05, 3.63) is 71.3 Å². The van der Waals surface area contributed by atoms with Crippen LogP contribution in [-0.2, 0) is 22.8 Å². The van der Waals surface area contributed by atoms with Gasteiger partial charge in [-0.05, 0) is 73.5 Å². The summed E-state index contributed by atoms with van der Waals surface area (Å²) >= 11 is 0. The minimum absolute atomic E-state index is 0.114. The third-order valence-corrected chi connectivity index (χ3v) is 9.82. The lowest BCUT2D eigenvalue weighted by Gasteiger charge is -2.66. The van der Waals surface area contributed by atoms with E-state index >= 15 is 0 Å².